The summed E-state index contributed by atoms with van der Waals surface area (Å²) >= 11 is 3.37. The molecule has 0 aliphatic carbocycles. The molecule has 4 nitrogen and oxygen atoms in total. The smallest absolute Gasteiger partial charge is 0.244 e. The van der Waals surface area contributed by atoms with Crippen LogP contribution in [0.1, 0.15) is 25.0 Å². The monoisotopic (exact) mass is 388 g/mol. The number of halogens is 1. The van der Waals surface area contributed by atoms with E-state index in [2.05, 4.69) is 21.2 Å². The second-order valence-corrected chi connectivity index (χ2v) is 6.51. The fourth-order valence-corrected chi connectivity index (χ4v) is 2.79. The molecule has 5 heteroatoms. The third-order valence-electron chi connectivity index (χ3n) is 3.82. The van der Waals surface area contributed by atoms with Gasteiger partial charge in [-0.1, -0.05) is 41.1 Å². The van der Waals surface area contributed by atoms with Gasteiger partial charge in [0.1, 0.15) is 6.54 Å². The van der Waals surface area contributed by atoms with Gasteiger partial charge in [0, 0.05) is 22.8 Å². The summed E-state index contributed by atoms with van der Waals surface area (Å²) in [4.78, 5) is 25.9. The number of aryl methyl sites for hydroxylation is 2. The molecule has 0 fully saturated rings. The zero-order valence-corrected chi connectivity index (χ0v) is 15.7. The van der Waals surface area contributed by atoms with Crippen LogP contribution in [-0.2, 0) is 16.0 Å². The van der Waals surface area contributed by atoms with Gasteiger partial charge in [-0.3, -0.25) is 9.59 Å². The van der Waals surface area contributed by atoms with Gasteiger partial charge >= 0.3 is 0 Å². The number of hydrogen-bond acceptors (Lipinski definition) is 2. The number of anilines is 2. The van der Waals surface area contributed by atoms with E-state index in [-0.39, 0.29) is 18.4 Å². The largest absolute Gasteiger partial charge is 0.324 e. The first-order valence-electron chi connectivity index (χ1n) is 7.84. The molecular formula is C19H21BrN2O2. The summed E-state index contributed by atoms with van der Waals surface area (Å²) in [6.45, 7) is 5.45. The fraction of sp³-hybridized carbons (Fsp3) is 0.263. The molecule has 126 valence electrons. The van der Waals surface area contributed by atoms with Crippen molar-refractivity contribution < 1.29 is 9.59 Å². The van der Waals surface area contributed by atoms with Gasteiger partial charge in [-0.05, 0) is 48.7 Å². The van der Waals surface area contributed by atoms with E-state index in [0.717, 1.165) is 27.7 Å². The third-order valence-corrected chi connectivity index (χ3v) is 4.35. The summed E-state index contributed by atoms with van der Waals surface area (Å²) in [5, 5.41) is 2.95. The van der Waals surface area contributed by atoms with E-state index in [1.807, 2.05) is 56.3 Å². The molecule has 0 bridgehead atoms. The molecule has 2 amide bonds. The first-order chi connectivity index (χ1) is 11.4. The normalized spacial score (nSPS) is 10.3. The lowest BCUT2D eigenvalue weighted by Gasteiger charge is -2.21. The second kappa shape index (κ2) is 8.11. The Morgan fingerprint density at radius 2 is 1.79 bits per heavy atom. The summed E-state index contributed by atoms with van der Waals surface area (Å²) in [6, 6.07) is 13.3. The Morgan fingerprint density at radius 3 is 2.38 bits per heavy atom. The topological polar surface area (TPSA) is 49.4 Å². The van der Waals surface area contributed by atoms with Crippen LogP contribution in [0.5, 0.6) is 0 Å². The number of nitrogens with one attached hydrogen (secondary N) is 1. The summed E-state index contributed by atoms with van der Waals surface area (Å²) in [6.07, 6.45) is 0.834. The van der Waals surface area contributed by atoms with Crippen LogP contribution < -0.4 is 10.2 Å². The standard InChI is InChI=1S/C19H21BrN2O2/c1-4-15-7-5-6-13(2)19(15)21-18(24)12-22(14(3)23)17-10-8-16(20)9-11-17/h5-11H,4,12H2,1-3H3,(H,21,24). The Bertz CT molecular complexity index is 742. The van der Waals surface area contributed by atoms with Crippen LogP contribution in [0.2, 0.25) is 0 Å². The number of hydrogen-bond donors (Lipinski definition) is 1. The van der Waals surface area contributed by atoms with Crippen molar-refractivity contribution in [2.45, 2.75) is 27.2 Å². The van der Waals surface area contributed by atoms with Gasteiger partial charge in [-0.2, -0.15) is 0 Å². The van der Waals surface area contributed by atoms with E-state index in [4.69, 9.17) is 0 Å². The maximum absolute atomic E-state index is 12.5. The van der Waals surface area contributed by atoms with E-state index in [0.29, 0.717) is 5.69 Å². The average molecular weight is 389 g/mol. The molecule has 0 aliphatic heterocycles. The van der Waals surface area contributed by atoms with Crippen molar-refractivity contribution in [2.24, 2.45) is 0 Å². The molecule has 0 saturated heterocycles. The molecule has 2 aromatic carbocycles. The third kappa shape index (κ3) is 4.45. The van der Waals surface area contributed by atoms with E-state index in [1.54, 1.807) is 0 Å². The number of benzene rings is 2. The second-order valence-electron chi connectivity index (χ2n) is 5.59. The number of para-hydroxylation sites is 1. The summed E-state index contributed by atoms with van der Waals surface area (Å²) in [5.41, 5.74) is 3.63. The Hall–Kier alpha value is -2.14. The van der Waals surface area contributed by atoms with Crippen molar-refractivity contribution in [3.63, 3.8) is 0 Å². The summed E-state index contributed by atoms with van der Waals surface area (Å²) in [7, 11) is 0. The first-order valence-corrected chi connectivity index (χ1v) is 8.63. The molecule has 24 heavy (non-hydrogen) atoms. The summed E-state index contributed by atoms with van der Waals surface area (Å²) < 4.78 is 0.923. The highest BCUT2D eigenvalue weighted by molar-refractivity contribution is 9.10. The molecule has 0 spiro atoms. The number of nitrogens with zero attached hydrogens (tertiary/aromatic N) is 1. The van der Waals surface area contributed by atoms with Gasteiger partial charge in [0.15, 0.2) is 0 Å². The van der Waals surface area contributed by atoms with Crippen LogP contribution in [0.15, 0.2) is 46.9 Å². The van der Waals surface area contributed by atoms with Crippen LogP contribution in [0, 0.1) is 6.92 Å². The van der Waals surface area contributed by atoms with Crippen LogP contribution in [-0.4, -0.2) is 18.4 Å². The molecule has 0 aliphatic rings. The molecule has 0 unspecified atom stereocenters. The highest BCUT2D eigenvalue weighted by Gasteiger charge is 2.17. The molecule has 0 radical (unpaired) electrons. The Labute approximate surface area is 151 Å². The molecule has 2 rings (SSSR count). The quantitative estimate of drug-likeness (QED) is 0.829. The minimum atomic E-state index is -0.211. The van der Waals surface area contributed by atoms with Crippen molar-refractivity contribution in [2.75, 3.05) is 16.8 Å². The molecule has 0 atom stereocenters. The van der Waals surface area contributed by atoms with E-state index < -0.39 is 0 Å². The Balaban J connectivity index is 2.18. The predicted octanol–water partition coefficient (Wildman–Crippen LogP) is 4.31. The van der Waals surface area contributed by atoms with Gasteiger partial charge in [0.25, 0.3) is 0 Å². The molecule has 0 aromatic heterocycles. The molecule has 2 aromatic rings. The minimum absolute atomic E-state index is 0.0194. The number of rotatable bonds is 5. The number of amides is 2. The first kappa shape index (κ1) is 18.2. The molecule has 0 saturated carbocycles. The van der Waals surface area contributed by atoms with Gasteiger partial charge in [-0.25, -0.2) is 0 Å². The lowest BCUT2D eigenvalue weighted by atomic mass is 10.1. The maximum Gasteiger partial charge on any atom is 0.244 e. The van der Waals surface area contributed by atoms with Crippen LogP contribution in [0.25, 0.3) is 0 Å². The zero-order chi connectivity index (χ0) is 17.7. The summed E-state index contributed by atoms with van der Waals surface area (Å²) in [5.74, 6) is -0.384. The number of carbonyl (C=O) groups excluding carboxylic acids is 2. The number of carbonyl (C=O) groups is 2. The molecule has 0 heterocycles. The highest BCUT2D eigenvalue weighted by atomic mass is 79.9. The predicted molar refractivity (Wildman–Crippen MR) is 101 cm³/mol. The molecule has 1 N–H and O–H groups in total. The van der Waals surface area contributed by atoms with Crippen molar-refractivity contribution >= 4 is 39.1 Å². The van der Waals surface area contributed by atoms with Gasteiger partial charge in [-0.15, -0.1) is 0 Å². The van der Waals surface area contributed by atoms with Gasteiger partial charge in [0.2, 0.25) is 11.8 Å². The average Bonchev–Trinajstić information content (AvgIpc) is 2.55. The van der Waals surface area contributed by atoms with Crippen LogP contribution in [0.4, 0.5) is 11.4 Å². The molecular weight excluding hydrogens is 368 g/mol. The maximum atomic E-state index is 12.5. The SMILES string of the molecule is CCc1cccc(C)c1NC(=O)CN(C(C)=O)c1ccc(Br)cc1. The fourth-order valence-electron chi connectivity index (χ4n) is 2.53. The van der Waals surface area contributed by atoms with Crippen LogP contribution >= 0.6 is 15.9 Å². The van der Waals surface area contributed by atoms with Crippen molar-refractivity contribution in [1.82, 2.24) is 0 Å². The van der Waals surface area contributed by atoms with E-state index in [1.165, 1.54) is 11.8 Å². The van der Waals surface area contributed by atoms with Crippen molar-refractivity contribution in [3.8, 4) is 0 Å². The zero-order valence-electron chi connectivity index (χ0n) is 14.1. The Kier molecular flexibility index (Phi) is 6.15. The minimum Gasteiger partial charge on any atom is -0.324 e. The Morgan fingerprint density at radius 1 is 1.12 bits per heavy atom. The lowest BCUT2D eigenvalue weighted by molar-refractivity contribution is -0.120. The van der Waals surface area contributed by atoms with E-state index >= 15 is 0 Å². The highest BCUT2D eigenvalue weighted by Crippen LogP contribution is 2.22. The van der Waals surface area contributed by atoms with E-state index in [9.17, 15) is 9.59 Å². The van der Waals surface area contributed by atoms with Crippen molar-refractivity contribution in [1.29, 1.82) is 0 Å². The van der Waals surface area contributed by atoms with Gasteiger partial charge in [0.05, 0.1) is 0 Å². The van der Waals surface area contributed by atoms with Gasteiger partial charge < -0.3 is 10.2 Å². The van der Waals surface area contributed by atoms with Crippen molar-refractivity contribution in [3.05, 3.63) is 58.1 Å². The lowest BCUT2D eigenvalue weighted by Crippen LogP contribution is -2.36. The van der Waals surface area contributed by atoms with Crippen LogP contribution in [0.3, 0.4) is 0 Å².